The fraction of sp³-hybridized carbons (Fsp3) is 0.512. The van der Waals surface area contributed by atoms with E-state index >= 15 is 0 Å². The van der Waals surface area contributed by atoms with Crippen molar-refractivity contribution in [1.82, 2.24) is 14.5 Å². The lowest BCUT2D eigenvalue weighted by Gasteiger charge is -2.46. The van der Waals surface area contributed by atoms with Gasteiger partial charge in [0.15, 0.2) is 0 Å². The number of rotatable bonds is 7. The Kier molecular flexibility index (Phi) is 12.2. The van der Waals surface area contributed by atoms with E-state index in [2.05, 4.69) is 47.1 Å². The summed E-state index contributed by atoms with van der Waals surface area (Å²) in [5.41, 5.74) is 3.15. The summed E-state index contributed by atoms with van der Waals surface area (Å²) in [6.07, 6.45) is 11.1. The quantitative estimate of drug-likeness (QED) is 0.148. The summed E-state index contributed by atoms with van der Waals surface area (Å²) in [6, 6.07) is 11.4. The molecule has 0 saturated heterocycles. The number of halogens is 2. The van der Waals surface area contributed by atoms with Crippen LogP contribution in [0.25, 0.3) is 0 Å². The highest BCUT2D eigenvalue weighted by molar-refractivity contribution is 9.09. The predicted molar refractivity (Wildman–Crippen MR) is 219 cm³/mol. The average molecular weight is 871 g/mol. The average Bonchev–Trinajstić information content (AvgIpc) is 3.47. The smallest absolute Gasteiger partial charge is 0.306 e. The van der Waals surface area contributed by atoms with Crippen LogP contribution in [-0.4, -0.2) is 75.8 Å². The second-order valence-corrected chi connectivity index (χ2v) is 18.9. The number of amides is 2. The van der Waals surface area contributed by atoms with Crippen LogP contribution in [0, 0.1) is 17.8 Å². The van der Waals surface area contributed by atoms with Crippen molar-refractivity contribution in [2.24, 2.45) is 29.2 Å². The van der Waals surface area contributed by atoms with E-state index in [0.717, 1.165) is 37.8 Å². The summed E-state index contributed by atoms with van der Waals surface area (Å²) in [7, 11) is -0.645. The third-order valence-corrected chi connectivity index (χ3v) is 14.3. The molecular formula is C41H49BrClN5O7S. The van der Waals surface area contributed by atoms with Crippen molar-refractivity contribution in [1.29, 1.82) is 0 Å². The van der Waals surface area contributed by atoms with Gasteiger partial charge < -0.3 is 19.1 Å². The molecule has 2 aromatic carbocycles. The number of aromatic nitrogens is 2. The molecular weight excluding hydrogens is 822 g/mol. The zero-order valence-corrected chi connectivity index (χ0v) is 35.2. The van der Waals surface area contributed by atoms with Crippen LogP contribution in [0.2, 0.25) is 5.02 Å². The Morgan fingerprint density at radius 1 is 1.20 bits per heavy atom. The van der Waals surface area contributed by atoms with E-state index in [1.165, 1.54) is 29.1 Å². The molecule has 2 aliphatic heterocycles. The number of nitrogens with zero attached hydrogens (tertiary/aromatic N) is 4. The maximum Gasteiger partial charge on any atom is 0.306 e. The molecule has 6 atom stereocenters. The highest BCUT2D eigenvalue weighted by atomic mass is 79.9. The highest BCUT2D eigenvalue weighted by Crippen LogP contribution is 2.47. The van der Waals surface area contributed by atoms with Crippen LogP contribution >= 0.6 is 27.5 Å². The van der Waals surface area contributed by atoms with Gasteiger partial charge in [-0.05, 0) is 104 Å². The molecule has 12 nitrogen and oxygen atoms in total. The fourth-order valence-electron chi connectivity index (χ4n) is 8.64. The lowest BCUT2D eigenvalue weighted by molar-refractivity contribution is -0.152. The Hall–Kier alpha value is -3.88. The van der Waals surface area contributed by atoms with Crippen LogP contribution in [0.5, 0.6) is 11.6 Å². The summed E-state index contributed by atoms with van der Waals surface area (Å²) in [5.74, 6) is -1.07. The molecule has 4 aliphatic rings. The Labute approximate surface area is 342 Å². The number of aryl methyl sites for hydroxylation is 2. The summed E-state index contributed by atoms with van der Waals surface area (Å²) in [5, 5.41) is 5.57. The molecule has 15 heteroatoms. The van der Waals surface area contributed by atoms with Crippen molar-refractivity contribution < 1.29 is 32.8 Å². The highest BCUT2D eigenvalue weighted by Gasteiger charge is 2.45. The summed E-state index contributed by atoms with van der Waals surface area (Å²) in [4.78, 5) is 43.1. The van der Waals surface area contributed by atoms with E-state index < -0.39 is 27.8 Å². The Morgan fingerprint density at radius 3 is 2.80 bits per heavy atom. The van der Waals surface area contributed by atoms with E-state index in [0.29, 0.717) is 55.1 Å². The van der Waals surface area contributed by atoms with Gasteiger partial charge in [-0.2, -0.15) is 0 Å². The third kappa shape index (κ3) is 8.67. The number of hydrogen-bond acceptors (Lipinski definition) is 9. The predicted octanol–water partition coefficient (Wildman–Crippen LogP) is 7.22. The summed E-state index contributed by atoms with van der Waals surface area (Å²) < 4.78 is 41.1. The molecule has 1 saturated carbocycles. The van der Waals surface area contributed by atoms with Crippen LogP contribution in [0.4, 0.5) is 5.69 Å². The number of allylic oxidation sites excluding steroid dienone is 1. The number of fused-ring (bicyclic) bond motifs is 4. The van der Waals surface area contributed by atoms with Gasteiger partial charge in [0.1, 0.15) is 27.3 Å². The second kappa shape index (κ2) is 16.9. The molecule has 2 amide bonds. The number of benzene rings is 2. The maximum atomic E-state index is 14.7. The van der Waals surface area contributed by atoms with Gasteiger partial charge in [-0.3, -0.25) is 23.8 Å². The first-order valence-corrected chi connectivity index (χ1v) is 22.5. The van der Waals surface area contributed by atoms with Crippen molar-refractivity contribution in [2.75, 3.05) is 42.8 Å². The molecule has 2 bridgehead atoms. The lowest BCUT2D eigenvalue weighted by Crippen LogP contribution is -2.49. The van der Waals surface area contributed by atoms with Crippen molar-refractivity contribution in [3.8, 4) is 11.6 Å². The van der Waals surface area contributed by atoms with Crippen LogP contribution in [-0.2, 0) is 38.3 Å². The molecule has 3 aromatic rings. The number of esters is 1. The number of carbonyl (C=O) groups is 3. The number of ether oxygens (including phenoxy) is 3. The monoisotopic (exact) mass is 869 g/mol. The number of anilines is 1. The molecule has 0 radical (unpaired) electrons. The Bertz CT molecular complexity index is 2150. The minimum Gasteiger partial charge on any atom is -0.490 e. The van der Waals surface area contributed by atoms with Crippen LogP contribution in [0.15, 0.2) is 59.1 Å². The van der Waals surface area contributed by atoms with Gasteiger partial charge >= 0.3 is 5.97 Å². The second-order valence-electron chi connectivity index (χ2n) is 15.7. The largest absolute Gasteiger partial charge is 0.490 e. The number of carbonyl (C=O) groups excluding carboxylic acids is 3. The molecule has 1 fully saturated rings. The first-order valence-electron chi connectivity index (χ1n) is 19.3. The van der Waals surface area contributed by atoms with Crippen molar-refractivity contribution in [3.63, 3.8) is 0 Å². The molecule has 2 aliphatic carbocycles. The first kappa shape index (κ1) is 40.3. The van der Waals surface area contributed by atoms with E-state index in [1.54, 1.807) is 25.2 Å². The van der Waals surface area contributed by atoms with Gasteiger partial charge in [-0.15, -0.1) is 9.46 Å². The SMILES string of the molecule is COc1nn(C)cc1C(=O)NS1(=O)=NC(=O)c2ccc3c(c2)N(C[C@@H]2CC[C@H]2[C@@H](OC(=O)CCCBr)/C=C/C[C@H](C)C1)C[C@@]1(CCCc2cc(Cl)ccc21)CO3. The van der Waals surface area contributed by atoms with Crippen molar-refractivity contribution in [2.45, 2.75) is 69.8 Å². The Morgan fingerprint density at radius 2 is 2.04 bits per heavy atom. The number of methoxy groups -OCH3 is 1. The standard InChI is InChI=1S/C41H49BrClN5O7S/c1-26-7-4-9-35(55-37(49)10-6-18-42)31-14-11-29(31)21-48-24-41(17-5-8-27-19-30(43)13-15-33(27)41)25-54-36-16-12-28(20-34(36)48)38(50)45-56(52,23-26)46-39(51)32-22-47(2)44-40(32)53-3/h4,9,12-13,15-16,19-20,22,26,29,31,35H,5-8,10-11,14,17-18,21,23-25H2,1-3H3,(H,45,46,50,51,52)/b9-4+/t26-,29-,31+,35-,41-,56?/m0/s1. The topological polar surface area (TPSA) is 141 Å². The van der Waals surface area contributed by atoms with Gasteiger partial charge in [-0.1, -0.05) is 46.6 Å². The minimum atomic E-state index is -3.68. The zero-order valence-electron chi connectivity index (χ0n) is 32.0. The normalized spacial score (nSPS) is 28.0. The van der Waals surface area contributed by atoms with Crippen LogP contribution in [0.3, 0.4) is 0 Å². The third-order valence-electron chi connectivity index (χ3n) is 11.5. The van der Waals surface area contributed by atoms with Crippen molar-refractivity contribution in [3.05, 3.63) is 82.0 Å². The van der Waals surface area contributed by atoms with Gasteiger partial charge in [0.2, 0.25) is 5.88 Å². The molecule has 1 spiro atoms. The number of nitrogens with one attached hydrogen (secondary N) is 1. The molecule has 7 rings (SSSR count). The molecule has 1 unspecified atom stereocenters. The molecule has 300 valence electrons. The van der Waals surface area contributed by atoms with E-state index in [4.69, 9.17) is 25.8 Å². The van der Waals surface area contributed by atoms with Crippen LogP contribution in [0.1, 0.15) is 83.7 Å². The summed E-state index contributed by atoms with van der Waals surface area (Å²) in [6.45, 7) is 3.62. The molecule has 56 heavy (non-hydrogen) atoms. The maximum absolute atomic E-state index is 14.7. The number of hydrogen-bond donors (Lipinski definition) is 1. The summed E-state index contributed by atoms with van der Waals surface area (Å²) >= 11 is 9.90. The van der Waals surface area contributed by atoms with Gasteiger partial charge in [0, 0.05) is 60.0 Å². The minimum absolute atomic E-state index is 0.0573. The zero-order chi connectivity index (χ0) is 39.6. The molecule has 3 heterocycles. The number of alkyl halides is 1. The lowest BCUT2D eigenvalue weighted by atomic mass is 9.68. The van der Waals surface area contributed by atoms with Crippen molar-refractivity contribution >= 4 is 60.9 Å². The molecule has 1 N–H and O–H groups in total. The van der Waals surface area contributed by atoms with Gasteiger partial charge in [0.25, 0.3) is 11.8 Å². The Balaban J connectivity index is 1.30. The van der Waals surface area contributed by atoms with E-state index in [1.807, 2.05) is 25.1 Å². The fourth-order valence-corrected chi connectivity index (χ4v) is 11.0. The van der Waals surface area contributed by atoms with E-state index in [-0.39, 0.29) is 51.9 Å². The van der Waals surface area contributed by atoms with Crippen LogP contribution < -0.4 is 19.1 Å². The first-order chi connectivity index (χ1) is 26.9. The van der Waals surface area contributed by atoms with Gasteiger partial charge in [-0.25, -0.2) is 4.21 Å². The van der Waals surface area contributed by atoms with Gasteiger partial charge in [0.05, 0.1) is 25.2 Å². The molecule has 1 aromatic heterocycles. The van der Waals surface area contributed by atoms with E-state index in [9.17, 15) is 18.6 Å².